The molecule has 1 aromatic carbocycles. The quantitative estimate of drug-likeness (QED) is 0.625. The number of ether oxygens (including phenoxy) is 1. The zero-order valence-corrected chi connectivity index (χ0v) is 7.47. The molecule has 14 heavy (non-hydrogen) atoms. The Morgan fingerprint density at radius 3 is 2.64 bits per heavy atom. The maximum Gasteiger partial charge on any atom is 0.339 e. The third-order valence-corrected chi connectivity index (χ3v) is 1.49. The van der Waals surface area contributed by atoms with Crippen molar-refractivity contribution >= 4 is 5.97 Å². The van der Waals surface area contributed by atoms with Crippen LogP contribution in [0.5, 0.6) is 11.5 Å². The van der Waals surface area contributed by atoms with E-state index in [1.165, 1.54) is 19.1 Å². The molecule has 1 unspecified atom stereocenters. The van der Waals surface area contributed by atoms with Crippen LogP contribution >= 0.6 is 0 Å². The molecule has 0 spiro atoms. The van der Waals surface area contributed by atoms with Crippen LogP contribution in [0.3, 0.4) is 0 Å². The molecule has 0 bridgehead atoms. The standard InChI is InChI=1S/C9H10O5/c1-5(10)14-8-4-6(11)2-3-7(8)9(12)13/h2-5,10-11H,1H3,(H,12,13). The number of rotatable bonds is 3. The molecule has 5 nitrogen and oxygen atoms in total. The van der Waals surface area contributed by atoms with Crippen molar-refractivity contribution in [2.24, 2.45) is 0 Å². The summed E-state index contributed by atoms with van der Waals surface area (Å²) in [4.78, 5) is 10.7. The van der Waals surface area contributed by atoms with Crippen molar-refractivity contribution in [2.45, 2.75) is 13.2 Å². The largest absolute Gasteiger partial charge is 0.508 e. The van der Waals surface area contributed by atoms with Gasteiger partial charge in [-0.15, -0.1) is 0 Å². The Morgan fingerprint density at radius 2 is 2.14 bits per heavy atom. The van der Waals surface area contributed by atoms with Gasteiger partial charge in [-0.3, -0.25) is 0 Å². The highest BCUT2D eigenvalue weighted by molar-refractivity contribution is 5.91. The Balaban J connectivity index is 3.09. The normalized spacial score (nSPS) is 12.1. The first-order chi connectivity index (χ1) is 6.50. The maximum atomic E-state index is 10.7. The predicted octanol–water partition coefficient (Wildman–Crippen LogP) is 0.807. The number of hydrogen-bond acceptors (Lipinski definition) is 4. The summed E-state index contributed by atoms with van der Waals surface area (Å²) in [6.45, 7) is 1.34. The predicted molar refractivity (Wildman–Crippen MR) is 47.4 cm³/mol. The topological polar surface area (TPSA) is 87.0 Å². The van der Waals surface area contributed by atoms with Gasteiger partial charge >= 0.3 is 5.97 Å². The van der Waals surface area contributed by atoms with Crippen LogP contribution in [0.1, 0.15) is 17.3 Å². The van der Waals surface area contributed by atoms with Crippen LogP contribution in [0.2, 0.25) is 0 Å². The second kappa shape index (κ2) is 3.97. The Bertz CT molecular complexity index is 345. The van der Waals surface area contributed by atoms with Gasteiger partial charge in [-0.05, 0) is 19.1 Å². The molecular formula is C9H10O5. The first-order valence-electron chi connectivity index (χ1n) is 3.91. The zero-order valence-electron chi connectivity index (χ0n) is 7.47. The average Bonchev–Trinajstić information content (AvgIpc) is 2.01. The second-order valence-electron chi connectivity index (χ2n) is 2.70. The zero-order chi connectivity index (χ0) is 10.7. The molecule has 0 aliphatic rings. The Morgan fingerprint density at radius 1 is 1.50 bits per heavy atom. The van der Waals surface area contributed by atoms with E-state index in [1.807, 2.05) is 0 Å². The van der Waals surface area contributed by atoms with Crippen LogP contribution < -0.4 is 4.74 Å². The molecule has 0 aliphatic heterocycles. The minimum Gasteiger partial charge on any atom is -0.508 e. The number of aromatic hydroxyl groups is 1. The van der Waals surface area contributed by atoms with E-state index in [0.717, 1.165) is 6.07 Å². The number of phenolic OH excluding ortho intramolecular Hbond substituents is 1. The highest BCUT2D eigenvalue weighted by Gasteiger charge is 2.13. The van der Waals surface area contributed by atoms with Crippen molar-refractivity contribution in [3.05, 3.63) is 23.8 Å². The van der Waals surface area contributed by atoms with Gasteiger partial charge in [-0.1, -0.05) is 0 Å². The molecule has 0 heterocycles. The van der Waals surface area contributed by atoms with Gasteiger partial charge in [0.25, 0.3) is 0 Å². The number of carboxylic acids is 1. The monoisotopic (exact) mass is 198 g/mol. The fraction of sp³-hybridized carbons (Fsp3) is 0.222. The van der Waals surface area contributed by atoms with Crippen LogP contribution in [0, 0.1) is 0 Å². The summed E-state index contributed by atoms with van der Waals surface area (Å²) >= 11 is 0. The number of hydrogen-bond donors (Lipinski definition) is 3. The van der Waals surface area contributed by atoms with Crippen LogP contribution in [-0.4, -0.2) is 27.6 Å². The Kier molecular flexibility index (Phi) is 2.93. The maximum absolute atomic E-state index is 10.7. The Labute approximate surface area is 80.2 Å². The van der Waals surface area contributed by atoms with Crippen LogP contribution in [-0.2, 0) is 0 Å². The van der Waals surface area contributed by atoms with Gasteiger partial charge in [-0.25, -0.2) is 4.79 Å². The third-order valence-electron chi connectivity index (χ3n) is 1.49. The van der Waals surface area contributed by atoms with Crippen LogP contribution in [0.15, 0.2) is 18.2 Å². The van der Waals surface area contributed by atoms with Gasteiger partial charge in [0, 0.05) is 6.07 Å². The van der Waals surface area contributed by atoms with Gasteiger partial charge in [0.15, 0.2) is 6.29 Å². The first kappa shape index (κ1) is 10.3. The van der Waals surface area contributed by atoms with E-state index >= 15 is 0 Å². The molecule has 3 N–H and O–H groups in total. The minimum atomic E-state index is -1.18. The van der Waals surface area contributed by atoms with Gasteiger partial charge < -0.3 is 20.1 Å². The van der Waals surface area contributed by atoms with Crippen molar-refractivity contribution in [3.8, 4) is 11.5 Å². The molecule has 0 aromatic heterocycles. The third kappa shape index (κ3) is 2.37. The lowest BCUT2D eigenvalue weighted by molar-refractivity contribution is -0.00127. The number of carboxylic acid groups (broad SMARTS) is 1. The van der Waals surface area contributed by atoms with Crippen molar-refractivity contribution in [1.29, 1.82) is 0 Å². The number of benzene rings is 1. The smallest absolute Gasteiger partial charge is 0.339 e. The molecule has 1 rings (SSSR count). The molecule has 5 heteroatoms. The molecule has 0 saturated carbocycles. The number of phenols is 1. The van der Waals surface area contributed by atoms with Crippen LogP contribution in [0.4, 0.5) is 0 Å². The summed E-state index contributed by atoms with van der Waals surface area (Å²) in [7, 11) is 0. The molecule has 0 saturated heterocycles. The lowest BCUT2D eigenvalue weighted by Crippen LogP contribution is -2.12. The fourth-order valence-corrected chi connectivity index (χ4v) is 0.969. The number of aromatic carboxylic acids is 1. The summed E-state index contributed by atoms with van der Waals surface area (Å²) in [5.74, 6) is -1.36. The number of aliphatic hydroxyl groups is 1. The van der Waals surface area contributed by atoms with E-state index in [2.05, 4.69) is 0 Å². The van der Waals surface area contributed by atoms with Gasteiger partial charge in [0.2, 0.25) is 0 Å². The molecule has 0 fully saturated rings. The SMILES string of the molecule is CC(O)Oc1cc(O)ccc1C(=O)O. The van der Waals surface area contributed by atoms with Gasteiger partial charge in [-0.2, -0.15) is 0 Å². The van der Waals surface area contributed by atoms with Crippen molar-refractivity contribution in [3.63, 3.8) is 0 Å². The summed E-state index contributed by atoms with van der Waals surface area (Å²) in [5, 5.41) is 26.7. The summed E-state index contributed by atoms with van der Waals surface area (Å²) in [5.41, 5.74) is -0.108. The molecule has 1 atom stereocenters. The molecule has 1 aromatic rings. The van der Waals surface area contributed by atoms with Gasteiger partial charge in [0.05, 0.1) is 0 Å². The van der Waals surface area contributed by atoms with Crippen molar-refractivity contribution in [2.75, 3.05) is 0 Å². The van der Waals surface area contributed by atoms with E-state index in [1.54, 1.807) is 0 Å². The molecule has 76 valence electrons. The van der Waals surface area contributed by atoms with E-state index in [-0.39, 0.29) is 17.1 Å². The Hall–Kier alpha value is -1.75. The molecule has 0 radical (unpaired) electrons. The summed E-state index contributed by atoms with van der Waals surface area (Å²) < 4.78 is 4.80. The fourth-order valence-electron chi connectivity index (χ4n) is 0.969. The molecule has 0 amide bonds. The van der Waals surface area contributed by atoms with E-state index < -0.39 is 12.3 Å². The lowest BCUT2D eigenvalue weighted by atomic mass is 10.2. The minimum absolute atomic E-state index is 0.0625. The molecular weight excluding hydrogens is 188 g/mol. The lowest BCUT2D eigenvalue weighted by Gasteiger charge is -2.11. The second-order valence-corrected chi connectivity index (χ2v) is 2.70. The molecule has 0 aliphatic carbocycles. The first-order valence-corrected chi connectivity index (χ1v) is 3.91. The van der Waals surface area contributed by atoms with Crippen molar-refractivity contribution < 1.29 is 24.9 Å². The summed E-state index contributed by atoms with van der Waals surface area (Å²) in [6, 6.07) is 3.57. The highest BCUT2D eigenvalue weighted by Crippen LogP contribution is 2.24. The number of aliphatic hydroxyl groups excluding tert-OH is 1. The number of carbonyl (C=O) groups is 1. The van der Waals surface area contributed by atoms with E-state index in [9.17, 15) is 4.79 Å². The average molecular weight is 198 g/mol. The van der Waals surface area contributed by atoms with E-state index in [4.69, 9.17) is 20.1 Å². The van der Waals surface area contributed by atoms with Crippen LogP contribution in [0.25, 0.3) is 0 Å². The van der Waals surface area contributed by atoms with E-state index in [0.29, 0.717) is 0 Å². The van der Waals surface area contributed by atoms with Gasteiger partial charge in [0.1, 0.15) is 17.1 Å². The van der Waals surface area contributed by atoms with Crippen molar-refractivity contribution in [1.82, 2.24) is 0 Å². The summed E-state index contributed by atoms with van der Waals surface area (Å²) in [6.07, 6.45) is -1.13. The highest BCUT2D eigenvalue weighted by atomic mass is 16.6.